The average molecular weight is 302 g/mol. The number of nitrogens with two attached hydrogens (primary N) is 1. The third-order valence-electron chi connectivity index (χ3n) is 2.28. The van der Waals surface area contributed by atoms with Crippen LogP contribution in [0.3, 0.4) is 0 Å². The van der Waals surface area contributed by atoms with E-state index in [0.717, 1.165) is 0 Å². The molecule has 0 aliphatic heterocycles. The van der Waals surface area contributed by atoms with Crippen LogP contribution in [-0.2, 0) is 19.6 Å². The number of nitrogens with one attached hydrogen (secondary N) is 1. The van der Waals surface area contributed by atoms with E-state index in [0.29, 0.717) is 5.56 Å². The first-order chi connectivity index (χ1) is 8.86. The molecule has 0 heterocycles. The van der Waals surface area contributed by atoms with E-state index >= 15 is 0 Å². The summed E-state index contributed by atoms with van der Waals surface area (Å²) in [4.78, 5) is 11.0. The highest BCUT2D eigenvalue weighted by molar-refractivity contribution is 7.89. The number of ether oxygens (including phenoxy) is 1. The molecule has 19 heavy (non-hydrogen) atoms. The zero-order valence-electron chi connectivity index (χ0n) is 10.3. The maximum Gasteiger partial charge on any atom is 0.306 e. The fourth-order valence-electron chi connectivity index (χ4n) is 1.29. The predicted molar refractivity (Wildman–Crippen MR) is 74.2 cm³/mol. The molecule has 0 radical (unpaired) electrons. The molecule has 1 aromatic carbocycles. The molecule has 0 spiro atoms. The molecule has 104 valence electrons. The minimum Gasteiger partial charge on any atom is -0.469 e. The molecule has 0 aromatic heterocycles. The van der Waals surface area contributed by atoms with Gasteiger partial charge in [0.15, 0.2) is 0 Å². The van der Waals surface area contributed by atoms with Gasteiger partial charge in [-0.1, -0.05) is 24.4 Å². The highest BCUT2D eigenvalue weighted by atomic mass is 32.2. The topological polar surface area (TPSA) is 98.5 Å². The second-order valence-corrected chi connectivity index (χ2v) is 5.82. The molecule has 0 saturated carbocycles. The summed E-state index contributed by atoms with van der Waals surface area (Å²) in [5.41, 5.74) is 5.90. The standard InChI is InChI=1S/C11H14N2O4S2/c1-17-10(14)5-6-13-19(15,16)9-4-2-3-8(7-9)11(12)18/h2-4,7,13H,5-6H2,1H3,(H2,12,18). The van der Waals surface area contributed by atoms with Gasteiger partial charge in [0.2, 0.25) is 10.0 Å². The van der Waals surface area contributed by atoms with Crippen LogP contribution in [0.5, 0.6) is 0 Å². The molecule has 0 fully saturated rings. The first-order valence-corrected chi connectivity index (χ1v) is 7.22. The lowest BCUT2D eigenvalue weighted by molar-refractivity contribution is -0.140. The number of sulfonamides is 1. The fourth-order valence-corrected chi connectivity index (χ4v) is 2.49. The molecule has 0 aliphatic carbocycles. The minimum atomic E-state index is -3.69. The molecule has 0 amide bonds. The summed E-state index contributed by atoms with van der Waals surface area (Å²) < 4.78 is 30.6. The van der Waals surface area contributed by atoms with E-state index in [-0.39, 0.29) is 22.8 Å². The first kappa shape index (κ1) is 15.5. The van der Waals surface area contributed by atoms with Gasteiger partial charge < -0.3 is 10.5 Å². The normalized spacial score (nSPS) is 11.0. The number of hydrogen-bond acceptors (Lipinski definition) is 5. The maximum absolute atomic E-state index is 11.9. The quantitative estimate of drug-likeness (QED) is 0.574. The van der Waals surface area contributed by atoms with Crippen molar-refractivity contribution in [2.45, 2.75) is 11.3 Å². The number of benzene rings is 1. The van der Waals surface area contributed by atoms with Crippen molar-refractivity contribution in [3.63, 3.8) is 0 Å². The highest BCUT2D eigenvalue weighted by Crippen LogP contribution is 2.11. The van der Waals surface area contributed by atoms with Crippen LogP contribution in [0.4, 0.5) is 0 Å². The molecule has 0 unspecified atom stereocenters. The predicted octanol–water partition coefficient (Wildman–Crippen LogP) is 0.162. The Balaban J connectivity index is 2.80. The van der Waals surface area contributed by atoms with Gasteiger partial charge in [0.05, 0.1) is 18.4 Å². The average Bonchev–Trinajstić information content (AvgIpc) is 2.38. The summed E-state index contributed by atoms with van der Waals surface area (Å²) >= 11 is 4.78. The second-order valence-electron chi connectivity index (χ2n) is 3.62. The molecule has 0 bridgehead atoms. The van der Waals surface area contributed by atoms with Gasteiger partial charge in [-0.05, 0) is 12.1 Å². The lowest BCUT2D eigenvalue weighted by Gasteiger charge is -2.07. The molecule has 0 atom stereocenters. The van der Waals surface area contributed by atoms with Crippen molar-refractivity contribution >= 4 is 33.2 Å². The van der Waals surface area contributed by atoms with Crippen LogP contribution in [0.25, 0.3) is 0 Å². The van der Waals surface area contributed by atoms with Crippen LogP contribution in [0.1, 0.15) is 12.0 Å². The Morgan fingerprint density at radius 3 is 2.74 bits per heavy atom. The van der Waals surface area contributed by atoms with Crippen molar-refractivity contribution in [1.29, 1.82) is 0 Å². The fraction of sp³-hybridized carbons (Fsp3) is 0.273. The van der Waals surface area contributed by atoms with E-state index in [9.17, 15) is 13.2 Å². The Morgan fingerprint density at radius 2 is 2.16 bits per heavy atom. The van der Waals surface area contributed by atoms with Gasteiger partial charge in [-0.3, -0.25) is 4.79 Å². The van der Waals surface area contributed by atoms with Crippen molar-refractivity contribution in [3.8, 4) is 0 Å². The van der Waals surface area contributed by atoms with E-state index in [1.165, 1.54) is 19.2 Å². The van der Waals surface area contributed by atoms with Crippen molar-refractivity contribution in [3.05, 3.63) is 29.8 Å². The Labute approximate surface area is 117 Å². The van der Waals surface area contributed by atoms with Gasteiger partial charge in [0, 0.05) is 12.1 Å². The minimum absolute atomic E-state index is 0.0354. The van der Waals surface area contributed by atoms with Crippen molar-refractivity contribution in [2.24, 2.45) is 5.73 Å². The molecule has 6 nitrogen and oxygen atoms in total. The van der Waals surface area contributed by atoms with Gasteiger partial charge in [-0.2, -0.15) is 0 Å². The third-order valence-corrected chi connectivity index (χ3v) is 3.97. The second kappa shape index (κ2) is 6.60. The van der Waals surface area contributed by atoms with Crippen molar-refractivity contribution < 1.29 is 17.9 Å². The van der Waals surface area contributed by atoms with Crippen LogP contribution in [0.2, 0.25) is 0 Å². The van der Waals surface area contributed by atoms with Gasteiger partial charge in [-0.15, -0.1) is 0 Å². The summed E-state index contributed by atoms with van der Waals surface area (Å²) in [5.74, 6) is -0.486. The van der Waals surface area contributed by atoms with Gasteiger partial charge in [0.1, 0.15) is 4.99 Å². The first-order valence-electron chi connectivity index (χ1n) is 5.33. The summed E-state index contributed by atoms with van der Waals surface area (Å²) in [6.07, 6.45) is -0.0370. The lowest BCUT2D eigenvalue weighted by Crippen LogP contribution is -2.27. The van der Waals surface area contributed by atoms with Crippen LogP contribution >= 0.6 is 12.2 Å². The number of carbonyl (C=O) groups is 1. The summed E-state index contributed by atoms with van der Waals surface area (Å²) in [5, 5.41) is 0. The number of carbonyl (C=O) groups excluding carboxylic acids is 1. The van der Waals surface area contributed by atoms with E-state index in [1.54, 1.807) is 12.1 Å². The lowest BCUT2D eigenvalue weighted by atomic mass is 10.2. The highest BCUT2D eigenvalue weighted by Gasteiger charge is 2.15. The van der Waals surface area contributed by atoms with Crippen molar-refractivity contribution in [2.75, 3.05) is 13.7 Å². The largest absolute Gasteiger partial charge is 0.469 e. The summed E-state index contributed by atoms with van der Waals surface area (Å²) in [6, 6.07) is 5.96. The van der Waals surface area contributed by atoms with Crippen LogP contribution in [0.15, 0.2) is 29.2 Å². The number of methoxy groups -OCH3 is 1. The van der Waals surface area contributed by atoms with E-state index in [1.807, 2.05) is 0 Å². The van der Waals surface area contributed by atoms with Crippen LogP contribution < -0.4 is 10.5 Å². The van der Waals surface area contributed by atoms with Gasteiger partial charge in [-0.25, -0.2) is 13.1 Å². The Bertz CT molecular complexity index is 584. The molecule has 3 N–H and O–H groups in total. The molecule has 1 rings (SSSR count). The molecule has 8 heteroatoms. The maximum atomic E-state index is 11.9. The number of esters is 1. The Kier molecular flexibility index (Phi) is 5.40. The molecule has 0 aliphatic rings. The summed E-state index contributed by atoms with van der Waals surface area (Å²) in [7, 11) is -2.45. The Hall–Kier alpha value is -1.51. The summed E-state index contributed by atoms with van der Waals surface area (Å²) in [6.45, 7) is -0.0354. The van der Waals surface area contributed by atoms with Gasteiger partial charge in [0.25, 0.3) is 0 Å². The number of rotatable bonds is 6. The van der Waals surface area contributed by atoms with E-state index in [4.69, 9.17) is 18.0 Å². The van der Waals surface area contributed by atoms with Gasteiger partial charge >= 0.3 is 5.97 Å². The number of hydrogen-bond donors (Lipinski definition) is 2. The molecular weight excluding hydrogens is 288 g/mol. The molecule has 1 aromatic rings. The van der Waals surface area contributed by atoms with Crippen LogP contribution in [0, 0.1) is 0 Å². The van der Waals surface area contributed by atoms with Crippen molar-refractivity contribution in [1.82, 2.24) is 4.72 Å². The Morgan fingerprint density at radius 1 is 1.47 bits per heavy atom. The zero-order valence-corrected chi connectivity index (χ0v) is 11.9. The van der Waals surface area contributed by atoms with E-state index in [2.05, 4.69) is 9.46 Å². The monoisotopic (exact) mass is 302 g/mol. The van der Waals surface area contributed by atoms with E-state index < -0.39 is 16.0 Å². The SMILES string of the molecule is COC(=O)CCNS(=O)(=O)c1cccc(C(N)=S)c1. The molecule has 0 saturated heterocycles. The number of thiocarbonyl (C=S) groups is 1. The molecular formula is C11H14N2O4S2. The smallest absolute Gasteiger partial charge is 0.306 e. The zero-order chi connectivity index (χ0) is 14.5. The third kappa shape index (κ3) is 4.58. The van der Waals surface area contributed by atoms with Crippen LogP contribution in [-0.4, -0.2) is 33.0 Å².